The number of nitrogens with zero attached hydrogens (tertiary/aromatic N) is 5. The van der Waals surface area contributed by atoms with Crippen LogP contribution in [0.15, 0.2) is 42.9 Å². The molecule has 0 aliphatic heterocycles. The third kappa shape index (κ3) is 2.29. The molecule has 0 N–H and O–H groups in total. The second-order valence-corrected chi connectivity index (χ2v) is 4.23. The van der Waals surface area contributed by atoms with Crippen molar-refractivity contribution in [3.63, 3.8) is 0 Å². The van der Waals surface area contributed by atoms with Gasteiger partial charge in [0.05, 0.1) is 5.56 Å². The molecule has 0 unspecified atom stereocenters. The Morgan fingerprint density at radius 1 is 1.05 bits per heavy atom. The molecule has 0 saturated carbocycles. The largest absolute Gasteiger partial charge is 0.285 e. The normalized spacial score (nSPS) is 10.5. The third-order valence-corrected chi connectivity index (χ3v) is 2.99. The Hall–Kier alpha value is -2.74. The summed E-state index contributed by atoms with van der Waals surface area (Å²) in [6, 6.07) is 9.66. The molecule has 0 spiro atoms. The van der Waals surface area contributed by atoms with Crippen LogP contribution in [0.25, 0.3) is 5.65 Å². The van der Waals surface area contributed by atoms with Crippen LogP contribution < -0.4 is 0 Å². The lowest BCUT2D eigenvalue weighted by molar-refractivity contribution is 0.837. The summed E-state index contributed by atoms with van der Waals surface area (Å²) in [7, 11) is 0. The summed E-state index contributed by atoms with van der Waals surface area (Å²) in [6.07, 6.45) is 6.99. The fraction of sp³-hybridized carbons (Fsp3) is 0.143. The molecule has 3 aromatic rings. The van der Waals surface area contributed by atoms with Crippen molar-refractivity contribution in [2.24, 2.45) is 0 Å². The van der Waals surface area contributed by atoms with Gasteiger partial charge in [0.2, 0.25) is 0 Å². The zero-order valence-corrected chi connectivity index (χ0v) is 10.2. The van der Waals surface area contributed by atoms with E-state index in [9.17, 15) is 0 Å². The highest BCUT2D eigenvalue weighted by molar-refractivity contribution is 5.42. The van der Waals surface area contributed by atoms with Gasteiger partial charge in [-0.15, -0.1) is 10.2 Å². The van der Waals surface area contributed by atoms with Gasteiger partial charge < -0.3 is 0 Å². The number of rotatable bonds is 3. The van der Waals surface area contributed by atoms with Crippen molar-refractivity contribution in [1.82, 2.24) is 19.6 Å². The van der Waals surface area contributed by atoms with Crippen LogP contribution in [0.1, 0.15) is 17.0 Å². The van der Waals surface area contributed by atoms with Crippen LogP contribution in [0.2, 0.25) is 0 Å². The Morgan fingerprint density at radius 2 is 1.89 bits per heavy atom. The molecular formula is C14H11N5. The minimum absolute atomic E-state index is 0.609. The maximum absolute atomic E-state index is 8.92. The number of nitriles is 1. The van der Waals surface area contributed by atoms with Crippen molar-refractivity contribution in [1.29, 1.82) is 5.26 Å². The van der Waals surface area contributed by atoms with Crippen LogP contribution in [-0.4, -0.2) is 19.6 Å². The van der Waals surface area contributed by atoms with E-state index in [1.165, 1.54) is 5.56 Å². The smallest absolute Gasteiger partial charge is 0.160 e. The molecule has 0 aliphatic carbocycles. The summed E-state index contributed by atoms with van der Waals surface area (Å²) < 4.78 is 1.87. The van der Waals surface area contributed by atoms with Crippen molar-refractivity contribution < 1.29 is 0 Å². The van der Waals surface area contributed by atoms with Crippen LogP contribution in [-0.2, 0) is 12.8 Å². The van der Waals surface area contributed by atoms with Gasteiger partial charge in [-0.05, 0) is 36.2 Å². The highest BCUT2D eigenvalue weighted by Crippen LogP contribution is 2.09. The van der Waals surface area contributed by atoms with Gasteiger partial charge in [0, 0.05) is 25.0 Å². The van der Waals surface area contributed by atoms with E-state index in [1.54, 1.807) is 24.7 Å². The molecule has 0 amide bonds. The van der Waals surface area contributed by atoms with Gasteiger partial charge >= 0.3 is 0 Å². The maximum atomic E-state index is 8.92. The quantitative estimate of drug-likeness (QED) is 0.709. The highest BCUT2D eigenvalue weighted by atomic mass is 15.2. The molecule has 5 nitrogen and oxygen atoms in total. The second-order valence-electron chi connectivity index (χ2n) is 4.23. The lowest BCUT2D eigenvalue weighted by Crippen LogP contribution is -1.98. The van der Waals surface area contributed by atoms with Gasteiger partial charge in [-0.1, -0.05) is 0 Å². The van der Waals surface area contributed by atoms with Crippen molar-refractivity contribution in [3.05, 3.63) is 59.8 Å². The number of hydrogen-bond donors (Lipinski definition) is 0. The first kappa shape index (κ1) is 11.4. The highest BCUT2D eigenvalue weighted by Gasteiger charge is 2.06. The van der Waals surface area contributed by atoms with Crippen LogP contribution >= 0.6 is 0 Å². The molecule has 92 valence electrons. The van der Waals surface area contributed by atoms with E-state index < -0.39 is 0 Å². The van der Waals surface area contributed by atoms with E-state index in [2.05, 4.69) is 21.3 Å². The Bertz CT molecular complexity index is 739. The molecule has 0 aliphatic rings. The molecule has 19 heavy (non-hydrogen) atoms. The summed E-state index contributed by atoms with van der Waals surface area (Å²) in [5.41, 5.74) is 2.59. The van der Waals surface area contributed by atoms with Crippen LogP contribution in [0, 0.1) is 11.3 Å². The first-order valence-electron chi connectivity index (χ1n) is 5.99. The summed E-state index contributed by atoms with van der Waals surface area (Å²) in [5.74, 6) is 0.865. The minimum atomic E-state index is 0.609. The topological polar surface area (TPSA) is 66.9 Å². The average Bonchev–Trinajstić information content (AvgIpc) is 2.88. The van der Waals surface area contributed by atoms with Gasteiger partial charge in [0.25, 0.3) is 0 Å². The molecule has 3 aromatic heterocycles. The number of fused-ring (bicyclic) bond motifs is 1. The summed E-state index contributed by atoms with van der Waals surface area (Å²) >= 11 is 0. The molecular weight excluding hydrogens is 238 g/mol. The molecule has 0 aromatic carbocycles. The number of pyridine rings is 2. The van der Waals surface area contributed by atoms with Crippen molar-refractivity contribution in [3.8, 4) is 6.07 Å². The number of hydrogen-bond acceptors (Lipinski definition) is 4. The zero-order valence-electron chi connectivity index (χ0n) is 10.2. The van der Waals surface area contributed by atoms with Crippen LogP contribution in [0.5, 0.6) is 0 Å². The van der Waals surface area contributed by atoms with Gasteiger partial charge in [-0.2, -0.15) is 5.26 Å². The Labute approximate surface area is 110 Å². The van der Waals surface area contributed by atoms with E-state index in [0.29, 0.717) is 5.56 Å². The lowest BCUT2D eigenvalue weighted by Gasteiger charge is -2.01. The monoisotopic (exact) mass is 249 g/mol. The van der Waals surface area contributed by atoms with E-state index in [1.807, 2.05) is 22.6 Å². The van der Waals surface area contributed by atoms with Crippen molar-refractivity contribution in [2.75, 3.05) is 0 Å². The molecule has 0 radical (unpaired) electrons. The van der Waals surface area contributed by atoms with E-state index in [-0.39, 0.29) is 0 Å². The van der Waals surface area contributed by atoms with E-state index in [4.69, 9.17) is 5.26 Å². The van der Waals surface area contributed by atoms with Gasteiger partial charge in [0.15, 0.2) is 5.65 Å². The first-order valence-corrected chi connectivity index (χ1v) is 5.99. The Balaban J connectivity index is 1.87. The van der Waals surface area contributed by atoms with Crippen LogP contribution in [0.3, 0.4) is 0 Å². The molecule has 3 heterocycles. The Morgan fingerprint density at radius 3 is 2.68 bits per heavy atom. The third-order valence-electron chi connectivity index (χ3n) is 2.99. The Kier molecular flexibility index (Phi) is 2.91. The first-order chi connectivity index (χ1) is 9.36. The summed E-state index contributed by atoms with van der Waals surface area (Å²) in [4.78, 5) is 3.99. The average molecular weight is 249 g/mol. The van der Waals surface area contributed by atoms with E-state index in [0.717, 1.165) is 24.3 Å². The summed E-state index contributed by atoms with van der Waals surface area (Å²) in [6.45, 7) is 0. The molecule has 0 fully saturated rings. The van der Waals surface area contributed by atoms with E-state index >= 15 is 0 Å². The fourth-order valence-corrected chi connectivity index (χ4v) is 1.98. The molecule has 0 bridgehead atoms. The number of aryl methyl sites for hydroxylation is 2. The minimum Gasteiger partial charge on any atom is -0.285 e. The van der Waals surface area contributed by atoms with Crippen LogP contribution in [0.4, 0.5) is 0 Å². The number of aromatic nitrogens is 4. The zero-order chi connectivity index (χ0) is 13.1. The maximum Gasteiger partial charge on any atom is 0.160 e. The lowest BCUT2D eigenvalue weighted by atomic mass is 10.1. The molecule has 3 rings (SSSR count). The van der Waals surface area contributed by atoms with Gasteiger partial charge in [-0.3, -0.25) is 9.38 Å². The molecule has 0 saturated heterocycles. The van der Waals surface area contributed by atoms with Gasteiger partial charge in [-0.25, -0.2) is 0 Å². The molecule has 0 atom stereocenters. The summed E-state index contributed by atoms with van der Waals surface area (Å²) in [5, 5.41) is 17.2. The SMILES string of the molecule is N#Cc1ccc2nnc(CCc3ccncc3)n2c1. The van der Waals surface area contributed by atoms with Crippen molar-refractivity contribution >= 4 is 5.65 Å². The predicted molar refractivity (Wildman–Crippen MR) is 69.3 cm³/mol. The predicted octanol–water partition coefficient (Wildman–Crippen LogP) is 1.78. The second kappa shape index (κ2) is 4.86. The fourth-order valence-electron chi connectivity index (χ4n) is 1.98. The van der Waals surface area contributed by atoms with Gasteiger partial charge in [0.1, 0.15) is 11.9 Å². The standard InChI is InChI=1S/C14H11N5/c15-9-12-2-4-14-18-17-13(19(14)10-12)3-1-11-5-7-16-8-6-11/h2,4-8,10H,1,3H2. The molecule has 5 heteroatoms. The van der Waals surface area contributed by atoms with Crippen molar-refractivity contribution in [2.45, 2.75) is 12.8 Å².